The Hall–Kier alpha value is -1.69. The first-order valence-corrected chi connectivity index (χ1v) is 6.56. The Morgan fingerprint density at radius 2 is 2.10 bits per heavy atom. The molecule has 1 atom stereocenters. The molecule has 1 unspecified atom stereocenters. The lowest BCUT2D eigenvalue weighted by Gasteiger charge is -2.37. The molecule has 1 aliphatic heterocycles. The number of ether oxygens (including phenoxy) is 1. The Kier molecular flexibility index (Phi) is 4.54. The van der Waals surface area contributed by atoms with E-state index in [1.54, 1.807) is 0 Å². The third-order valence-corrected chi connectivity index (χ3v) is 3.50. The largest absolute Gasteiger partial charge is 0.445 e. The van der Waals surface area contributed by atoms with Crippen molar-refractivity contribution in [2.75, 3.05) is 19.6 Å². The standard InChI is InChI=1S/C14H18F2N2O2/c15-14(16)6-7-18(9-12(14)8-17)13(19)20-10-11-4-2-1-3-5-11/h1-5,12H,6-10,17H2. The van der Waals surface area contributed by atoms with Gasteiger partial charge in [0.25, 0.3) is 5.92 Å². The monoisotopic (exact) mass is 284 g/mol. The topological polar surface area (TPSA) is 55.6 Å². The molecular weight excluding hydrogens is 266 g/mol. The molecule has 0 aromatic heterocycles. The summed E-state index contributed by atoms with van der Waals surface area (Å²) in [7, 11) is 0. The molecule has 2 N–H and O–H groups in total. The zero-order valence-electron chi connectivity index (χ0n) is 11.1. The molecule has 20 heavy (non-hydrogen) atoms. The van der Waals surface area contributed by atoms with E-state index in [1.165, 1.54) is 4.90 Å². The zero-order valence-corrected chi connectivity index (χ0v) is 11.1. The molecular formula is C14H18F2N2O2. The van der Waals surface area contributed by atoms with E-state index in [0.29, 0.717) is 0 Å². The van der Waals surface area contributed by atoms with Crippen LogP contribution in [-0.2, 0) is 11.3 Å². The van der Waals surface area contributed by atoms with Crippen molar-refractivity contribution in [3.8, 4) is 0 Å². The minimum atomic E-state index is -2.80. The van der Waals surface area contributed by atoms with Gasteiger partial charge < -0.3 is 15.4 Å². The highest BCUT2D eigenvalue weighted by Crippen LogP contribution is 2.32. The van der Waals surface area contributed by atoms with E-state index in [0.717, 1.165) is 5.56 Å². The lowest BCUT2D eigenvalue weighted by Crippen LogP contribution is -2.51. The first-order valence-electron chi connectivity index (χ1n) is 6.56. The van der Waals surface area contributed by atoms with Gasteiger partial charge in [-0.2, -0.15) is 0 Å². The van der Waals surface area contributed by atoms with Gasteiger partial charge in [0, 0.05) is 26.1 Å². The van der Waals surface area contributed by atoms with Crippen LogP contribution in [0.5, 0.6) is 0 Å². The predicted molar refractivity (Wildman–Crippen MR) is 70.3 cm³/mol. The molecule has 1 fully saturated rings. The van der Waals surface area contributed by atoms with Gasteiger partial charge in [-0.05, 0) is 5.56 Å². The van der Waals surface area contributed by atoms with Crippen LogP contribution >= 0.6 is 0 Å². The van der Waals surface area contributed by atoms with Gasteiger partial charge in [0.15, 0.2) is 0 Å². The van der Waals surface area contributed by atoms with Crippen molar-refractivity contribution in [1.82, 2.24) is 4.90 Å². The molecule has 0 spiro atoms. The average Bonchev–Trinajstić information content (AvgIpc) is 2.45. The van der Waals surface area contributed by atoms with Crippen LogP contribution in [0.25, 0.3) is 0 Å². The van der Waals surface area contributed by atoms with Crippen LogP contribution in [0.15, 0.2) is 30.3 Å². The fourth-order valence-corrected chi connectivity index (χ4v) is 2.20. The summed E-state index contributed by atoms with van der Waals surface area (Å²) >= 11 is 0. The van der Waals surface area contributed by atoms with Crippen LogP contribution in [0.4, 0.5) is 13.6 Å². The second-order valence-electron chi connectivity index (χ2n) is 4.93. The Morgan fingerprint density at radius 3 is 2.75 bits per heavy atom. The van der Waals surface area contributed by atoms with Gasteiger partial charge in [0.05, 0.1) is 5.92 Å². The lowest BCUT2D eigenvalue weighted by molar-refractivity contribution is -0.0982. The zero-order chi connectivity index (χ0) is 14.6. The first kappa shape index (κ1) is 14.7. The maximum atomic E-state index is 13.5. The van der Waals surface area contributed by atoms with Crippen molar-refractivity contribution in [3.05, 3.63) is 35.9 Å². The number of nitrogens with two attached hydrogens (primary N) is 1. The van der Waals surface area contributed by atoms with E-state index in [4.69, 9.17) is 10.5 Å². The van der Waals surface area contributed by atoms with Crippen molar-refractivity contribution < 1.29 is 18.3 Å². The summed E-state index contributed by atoms with van der Waals surface area (Å²) in [6, 6.07) is 9.22. The second-order valence-corrected chi connectivity index (χ2v) is 4.93. The quantitative estimate of drug-likeness (QED) is 0.926. The van der Waals surface area contributed by atoms with Crippen molar-refractivity contribution >= 4 is 6.09 Å². The molecule has 1 amide bonds. The third kappa shape index (κ3) is 3.45. The number of likely N-dealkylation sites (tertiary alicyclic amines) is 1. The minimum Gasteiger partial charge on any atom is -0.445 e. The summed E-state index contributed by atoms with van der Waals surface area (Å²) in [4.78, 5) is 13.2. The van der Waals surface area contributed by atoms with Crippen molar-refractivity contribution in [1.29, 1.82) is 0 Å². The number of carbonyl (C=O) groups excluding carboxylic acids is 1. The fourth-order valence-electron chi connectivity index (χ4n) is 2.20. The van der Waals surface area contributed by atoms with Crippen molar-refractivity contribution in [3.63, 3.8) is 0 Å². The van der Waals surface area contributed by atoms with Gasteiger partial charge in [-0.25, -0.2) is 13.6 Å². The molecule has 0 radical (unpaired) electrons. The van der Waals surface area contributed by atoms with E-state index in [9.17, 15) is 13.6 Å². The minimum absolute atomic E-state index is 0.00285. The summed E-state index contributed by atoms with van der Waals surface area (Å²) in [5.74, 6) is -3.80. The maximum absolute atomic E-state index is 13.5. The number of hydrogen-bond donors (Lipinski definition) is 1. The van der Waals surface area contributed by atoms with Gasteiger partial charge in [0.2, 0.25) is 0 Å². The molecule has 1 aliphatic rings. The Labute approximate surface area is 116 Å². The summed E-state index contributed by atoms with van der Waals surface area (Å²) in [6.45, 7) is -0.0659. The Morgan fingerprint density at radius 1 is 1.40 bits per heavy atom. The normalized spacial score (nSPS) is 21.6. The summed E-state index contributed by atoms with van der Waals surface area (Å²) in [6.07, 6.45) is -0.933. The van der Waals surface area contributed by atoms with Crippen LogP contribution in [-0.4, -0.2) is 36.5 Å². The fraction of sp³-hybridized carbons (Fsp3) is 0.500. The number of nitrogens with zero attached hydrogens (tertiary/aromatic N) is 1. The number of halogens is 2. The smallest absolute Gasteiger partial charge is 0.410 e. The van der Waals surface area contributed by atoms with E-state index in [-0.39, 0.29) is 32.7 Å². The average molecular weight is 284 g/mol. The number of carbonyl (C=O) groups is 1. The van der Waals surface area contributed by atoms with E-state index >= 15 is 0 Å². The molecule has 1 aromatic carbocycles. The Balaban J connectivity index is 1.87. The maximum Gasteiger partial charge on any atom is 0.410 e. The van der Waals surface area contributed by atoms with Crippen LogP contribution in [0.2, 0.25) is 0 Å². The molecule has 1 saturated heterocycles. The highest BCUT2D eigenvalue weighted by molar-refractivity contribution is 5.67. The number of benzene rings is 1. The SMILES string of the molecule is NCC1CN(C(=O)OCc2ccccc2)CCC1(F)F. The van der Waals surface area contributed by atoms with Gasteiger partial charge in [-0.15, -0.1) is 0 Å². The molecule has 6 heteroatoms. The molecule has 110 valence electrons. The third-order valence-electron chi connectivity index (χ3n) is 3.50. The first-order chi connectivity index (χ1) is 9.53. The number of alkyl halides is 2. The van der Waals surface area contributed by atoms with Gasteiger partial charge >= 0.3 is 6.09 Å². The number of hydrogen-bond acceptors (Lipinski definition) is 3. The molecule has 1 heterocycles. The molecule has 1 aromatic rings. The van der Waals surface area contributed by atoms with E-state index in [1.807, 2.05) is 30.3 Å². The summed E-state index contributed by atoms with van der Waals surface area (Å²) in [5.41, 5.74) is 6.21. The van der Waals surface area contributed by atoms with Gasteiger partial charge in [-0.3, -0.25) is 0 Å². The molecule has 0 bridgehead atoms. The van der Waals surface area contributed by atoms with E-state index < -0.39 is 17.9 Å². The van der Waals surface area contributed by atoms with Crippen LogP contribution in [0.3, 0.4) is 0 Å². The highest BCUT2D eigenvalue weighted by Gasteiger charge is 2.44. The number of piperidine rings is 1. The molecule has 2 rings (SSSR count). The van der Waals surface area contributed by atoms with Gasteiger partial charge in [0.1, 0.15) is 6.61 Å². The second kappa shape index (κ2) is 6.17. The molecule has 0 saturated carbocycles. The summed E-state index contributed by atoms with van der Waals surface area (Å²) < 4.78 is 32.1. The molecule has 4 nitrogen and oxygen atoms in total. The van der Waals surface area contributed by atoms with Crippen LogP contribution < -0.4 is 5.73 Å². The van der Waals surface area contributed by atoms with Crippen molar-refractivity contribution in [2.24, 2.45) is 11.7 Å². The van der Waals surface area contributed by atoms with Crippen LogP contribution in [0, 0.1) is 5.92 Å². The molecule has 0 aliphatic carbocycles. The number of rotatable bonds is 3. The number of amides is 1. The Bertz CT molecular complexity index is 454. The van der Waals surface area contributed by atoms with Crippen LogP contribution in [0.1, 0.15) is 12.0 Å². The van der Waals surface area contributed by atoms with Gasteiger partial charge in [-0.1, -0.05) is 30.3 Å². The lowest BCUT2D eigenvalue weighted by atomic mass is 9.94. The van der Waals surface area contributed by atoms with Crippen molar-refractivity contribution in [2.45, 2.75) is 19.0 Å². The summed E-state index contributed by atoms with van der Waals surface area (Å²) in [5, 5.41) is 0. The predicted octanol–water partition coefficient (Wildman–Crippen LogP) is 2.24. The van der Waals surface area contributed by atoms with E-state index in [2.05, 4.69) is 0 Å². The highest BCUT2D eigenvalue weighted by atomic mass is 19.3.